The standard InChI is InChI=1S/CH2O3.BrH.2Na.H2O/c2-1(3)4;;;;/h(H2,2,3,4);1H;;;1H2/q;;2*+1;/p-2. The number of halogens is 1. The summed E-state index contributed by atoms with van der Waals surface area (Å²) in [6, 6.07) is 0. The monoisotopic (exact) mass is 204 g/mol. The predicted molar refractivity (Wildman–Crippen MR) is 11.6 cm³/mol. The van der Waals surface area contributed by atoms with E-state index in [-0.39, 0.29) is 81.6 Å². The fourth-order valence-electron chi connectivity index (χ4n) is 0. The third-order valence-electron chi connectivity index (χ3n) is 0. The molecule has 0 saturated heterocycles. The molecule has 7 heteroatoms. The molecule has 8 heavy (non-hydrogen) atoms. The minimum atomic E-state index is -2.08. The summed E-state index contributed by atoms with van der Waals surface area (Å²) >= 11 is 0. The van der Waals surface area contributed by atoms with Gasteiger partial charge < -0.3 is 37.5 Å². The summed E-state index contributed by atoms with van der Waals surface area (Å²) in [6.45, 7) is 0. The van der Waals surface area contributed by atoms with Gasteiger partial charge in [-0.2, -0.15) is 0 Å². The van der Waals surface area contributed by atoms with E-state index >= 15 is 0 Å². The molecule has 0 spiro atoms. The predicted octanol–water partition coefficient (Wildman–Crippen LogP) is -10.9. The molecule has 4 nitrogen and oxygen atoms in total. The molecule has 0 saturated carbocycles. The Kier molecular flexibility index (Phi) is 96.9. The van der Waals surface area contributed by atoms with Crippen molar-refractivity contribution in [2.45, 2.75) is 0 Å². The minimum absolute atomic E-state index is 0. The molecule has 0 aliphatic heterocycles. The van der Waals surface area contributed by atoms with Crippen LogP contribution < -0.4 is 81.2 Å². The molecule has 0 radical (unpaired) electrons. The zero-order valence-corrected chi connectivity index (χ0v) is 10.2. The summed E-state index contributed by atoms with van der Waals surface area (Å²) in [6.07, 6.45) is -2.08. The molecule has 0 bridgehead atoms. The normalized spacial score (nSPS) is 3.00. The van der Waals surface area contributed by atoms with Gasteiger partial charge in [-0.05, 0) is 0 Å². The fourth-order valence-corrected chi connectivity index (χ4v) is 0. The molecular formula is CH3BrNa2O4. The smallest absolute Gasteiger partial charge is 1.00 e. The molecule has 3 N–H and O–H groups in total. The summed E-state index contributed by atoms with van der Waals surface area (Å²) in [5.74, 6) is 0. The van der Waals surface area contributed by atoms with E-state index in [2.05, 4.69) is 0 Å². The van der Waals surface area contributed by atoms with E-state index in [0.29, 0.717) is 0 Å². The van der Waals surface area contributed by atoms with Crippen molar-refractivity contribution in [2.24, 2.45) is 0 Å². The third-order valence-corrected chi connectivity index (χ3v) is 0. The van der Waals surface area contributed by atoms with Crippen LogP contribution in [-0.4, -0.2) is 16.7 Å². The Labute approximate surface area is 101 Å². The van der Waals surface area contributed by atoms with Crippen molar-refractivity contribution in [2.75, 3.05) is 0 Å². The van der Waals surface area contributed by atoms with E-state index in [9.17, 15) is 0 Å². The molecule has 0 unspecified atom stereocenters. The van der Waals surface area contributed by atoms with Gasteiger partial charge in [0.15, 0.2) is 0 Å². The van der Waals surface area contributed by atoms with Gasteiger partial charge in [0.2, 0.25) is 6.16 Å². The Balaban J connectivity index is -0.00000000750. The Hall–Kier alpha value is 1.71. The number of rotatable bonds is 0. The Bertz CT molecular complexity index is 37.0. The molecule has 40 valence electrons. The first-order valence-corrected chi connectivity index (χ1v) is 0.632. The van der Waals surface area contributed by atoms with Crippen molar-refractivity contribution >= 4 is 6.16 Å². The number of hydrogen-bond acceptors (Lipinski definition) is 2. The van der Waals surface area contributed by atoms with E-state index < -0.39 is 6.16 Å². The van der Waals surface area contributed by atoms with Crippen LogP contribution in [0.2, 0.25) is 0 Å². The van der Waals surface area contributed by atoms with E-state index in [1.165, 1.54) is 0 Å². The van der Waals surface area contributed by atoms with E-state index in [0.717, 1.165) is 0 Å². The van der Waals surface area contributed by atoms with Gasteiger partial charge in [-0.3, -0.25) is 0 Å². The van der Waals surface area contributed by atoms with Gasteiger partial charge in [-0.15, -0.1) is 0 Å². The van der Waals surface area contributed by atoms with Crippen LogP contribution in [0.5, 0.6) is 0 Å². The Morgan fingerprint density at radius 3 is 1.38 bits per heavy atom. The van der Waals surface area contributed by atoms with E-state index in [4.69, 9.17) is 15.0 Å². The zero-order chi connectivity index (χ0) is 3.58. The second kappa shape index (κ2) is 23.3. The van der Waals surface area contributed by atoms with E-state index in [1.807, 2.05) is 0 Å². The van der Waals surface area contributed by atoms with Crippen LogP contribution >= 0.6 is 0 Å². The number of carbonyl (C=O) groups is 1. The van der Waals surface area contributed by atoms with Crippen LogP contribution in [0.1, 0.15) is 0 Å². The zero-order valence-electron chi connectivity index (χ0n) is 4.64. The van der Waals surface area contributed by atoms with Gasteiger partial charge in [0.05, 0.1) is 0 Å². The fraction of sp³-hybridized carbons (Fsp3) is 0. The minimum Gasteiger partial charge on any atom is -1.00 e. The summed E-state index contributed by atoms with van der Waals surface area (Å²) in [7, 11) is 0. The largest absolute Gasteiger partial charge is 1.00 e. The summed E-state index contributed by atoms with van der Waals surface area (Å²) in [5, 5.41) is 15.3. The summed E-state index contributed by atoms with van der Waals surface area (Å²) in [4.78, 5) is 8.44. The molecule has 0 rings (SSSR count). The topological polar surface area (TPSA) is 91.9 Å². The van der Waals surface area contributed by atoms with Crippen molar-refractivity contribution in [3.8, 4) is 0 Å². The maximum Gasteiger partial charge on any atom is 1.00 e. The maximum absolute atomic E-state index is 8.44. The average molecular weight is 205 g/mol. The van der Waals surface area contributed by atoms with Gasteiger partial charge in [0, 0.05) is 0 Å². The van der Waals surface area contributed by atoms with Crippen LogP contribution in [0, 0.1) is 0 Å². The molecule has 0 heterocycles. The van der Waals surface area contributed by atoms with Crippen molar-refractivity contribution in [1.82, 2.24) is 0 Å². The van der Waals surface area contributed by atoms with Crippen LogP contribution in [0.25, 0.3) is 0 Å². The second-order valence-corrected chi connectivity index (χ2v) is 0.266. The van der Waals surface area contributed by atoms with Gasteiger partial charge in [0.25, 0.3) is 0 Å². The van der Waals surface area contributed by atoms with Gasteiger partial charge >= 0.3 is 59.1 Å². The number of hydrogen-bond donors (Lipinski definition) is 1. The van der Waals surface area contributed by atoms with Crippen molar-refractivity contribution < 1.29 is 96.6 Å². The first-order chi connectivity index (χ1) is 1.73. The van der Waals surface area contributed by atoms with E-state index in [1.54, 1.807) is 0 Å². The van der Waals surface area contributed by atoms with Gasteiger partial charge in [-0.1, -0.05) is 0 Å². The summed E-state index contributed by atoms with van der Waals surface area (Å²) in [5.41, 5.74) is 0. The van der Waals surface area contributed by atoms with Crippen LogP contribution in [0.15, 0.2) is 0 Å². The Morgan fingerprint density at radius 2 is 1.38 bits per heavy atom. The molecule has 0 fully saturated rings. The first kappa shape index (κ1) is 33.2. The molecule has 0 atom stereocenters. The van der Waals surface area contributed by atoms with Crippen molar-refractivity contribution in [1.29, 1.82) is 0 Å². The van der Waals surface area contributed by atoms with Crippen LogP contribution in [0.3, 0.4) is 0 Å². The molecular weight excluding hydrogens is 202 g/mol. The molecule has 0 aromatic heterocycles. The molecule has 0 aliphatic rings. The molecule has 0 aromatic carbocycles. The quantitative estimate of drug-likeness (QED) is 0.398. The second-order valence-electron chi connectivity index (χ2n) is 0.266. The molecule has 0 aromatic rings. The molecule has 0 amide bonds. The maximum atomic E-state index is 8.44. The van der Waals surface area contributed by atoms with Gasteiger partial charge in [-0.25, -0.2) is 0 Å². The molecule has 0 aliphatic carbocycles. The van der Waals surface area contributed by atoms with Crippen LogP contribution in [0.4, 0.5) is 4.79 Å². The van der Waals surface area contributed by atoms with Crippen molar-refractivity contribution in [3.05, 3.63) is 0 Å². The van der Waals surface area contributed by atoms with Crippen molar-refractivity contribution in [3.63, 3.8) is 0 Å². The SMILES string of the molecule is O.O=C([O-])O.[Br-].[Na+].[Na+]. The van der Waals surface area contributed by atoms with Gasteiger partial charge in [0.1, 0.15) is 0 Å². The summed E-state index contributed by atoms with van der Waals surface area (Å²) < 4.78 is 0. The van der Waals surface area contributed by atoms with Crippen LogP contribution in [-0.2, 0) is 0 Å². The average Bonchev–Trinajstić information content (AvgIpc) is 0.811. The third kappa shape index (κ3) is 119. The Morgan fingerprint density at radius 1 is 1.38 bits per heavy atom. The number of carboxylic acid groups (broad SMARTS) is 2. The first-order valence-electron chi connectivity index (χ1n) is 0.632.